The van der Waals surface area contributed by atoms with Crippen LogP contribution in [0.4, 0.5) is 37.7 Å². The molecule has 0 atom stereocenters. The molecule has 1 aromatic heterocycles. The van der Waals surface area contributed by atoms with Crippen LogP contribution >= 0.6 is 0 Å². The van der Waals surface area contributed by atoms with E-state index in [-0.39, 0.29) is 23.7 Å². The fraction of sp³-hybridized carbons (Fsp3) is 0.429. The summed E-state index contributed by atoms with van der Waals surface area (Å²) in [6.07, 6.45) is -7.94. The number of alkyl halides is 6. The number of rotatable bonds is 5. The molecule has 0 saturated heterocycles. The number of halogens is 6. The van der Waals surface area contributed by atoms with E-state index in [0.717, 1.165) is 5.69 Å². The number of carbonyl (C=O) groups excluding carboxylic acids is 1. The van der Waals surface area contributed by atoms with Crippen LogP contribution in [0.2, 0.25) is 0 Å². The fourth-order valence-electron chi connectivity index (χ4n) is 3.58. The lowest BCUT2D eigenvalue weighted by atomic mass is 9.90. The third-order valence-corrected chi connectivity index (χ3v) is 5.28. The second kappa shape index (κ2) is 9.25. The zero-order chi connectivity index (χ0) is 23.5. The fourth-order valence-corrected chi connectivity index (χ4v) is 3.58. The van der Waals surface area contributed by atoms with E-state index in [9.17, 15) is 31.1 Å². The highest BCUT2D eigenvalue weighted by Gasteiger charge is 2.39. The molecular weight excluding hydrogens is 438 g/mol. The standard InChI is InChI=1S/C21H22F6N4O/c1-28-13-4-2-12(3-5-13)19(32)30-15-8-6-14(7-9-15)29-16-10-17(20(22,23)24)31-18(11-16)21(25,26)27/h2-5,10-11,14-15,28H,6-9H2,1H3,(H,29,31)(H,30,32)/t14-,15+. The van der Waals surface area contributed by atoms with Gasteiger partial charge in [-0.2, -0.15) is 26.3 Å². The molecule has 1 aromatic carbocycles. The first kappa shape index (κ1) is 23.7. The number of nitrogens with zero attached hydrogens (tertiary/aromatic N) is 1. The highest BCUT2D eigenvalue weighted by molar-refractivity contribution is 5.94. The van der Waals surface area contributed by atoms with Gasteiger partial charge < -0.3 is 16.0 Å². The Morgan fingerprint density at radius 2 is 1.34 bits per heavy atom. The average Bonchev–Trinajstić information content (AvgIpc) is 2.73. The molecule has 1 saturated carbocycles. The van der Waals surface area contributed by atoms with E-state index in [2.05, 4.69) is 20.9 Å². The predicted molar refractivity (Wildman–Crippen MR) is 107 cm³/mol. The third kappa shape index (κ3) is 6.04. The van der Waals surface area contributed by atoms with Crippen molar-refractivity contribution < 1.29 is 31.1 Å². The number of nitrogens with one attached hydrogen (secondary N) is 3. The summed E-state index contributed by atoms with van der Waals surface area (Å²) in [6, 6.07) is 7.64. The van der Waals surface area contributed by atoms with Crippen molar-refractivity contribution in [1.82, 2.24) is 10.3 Å². The molecule has 2 aromatic rings. The number of anilines is 2. The second-order valence-corrected chi connectivity index (χ2v) is 7.62. The summed E-state index contributed by atoms with van der Waals surface area (Å²) in [5.74, 6) is -0.233. The Kier molecular flexibility index (Phi) is 6.85. The minimum Gasteiger partial charge on any atom is -0.388 e. The van der Waals surface area contributed by atoms with Crippen molar-refractivity contribution in [3.8, 4) is 0 Å². The molecular formula is C21H22F6N4O. The summed E-state index contributed by atoms with van der Waals surface area (Å²) in [4.78, 5) is 15.1. The minimum atomic E-state index is -5.00. The quantitative estimate of drug-likeness (QED) is 0.529. The number of carbonyl (C=O) groups is 1. The van der Waals surface area contributed by atoms with Gasteiger partial charge in [-0.3, -0.25) is 4.79 Å². The molecule has 11 heteroatoms. The summed E-state index contributed by atoms with van der Waals surface area (Å²) < 4.78 is 77.8. The van der Waals surface area contributed by atoms with Crippen LogP contribution in [-0.2, 0) is 12.4 Å². The smallest absolute Gasteiger partial charge is 0.388 e. The van der Waals surface area contributed by atoms with Gasteiger partial charge in [-0.1, -0.05) is 0 Å². The molecule has 1 fully saturated rings. The van der Waals surface area contributed by atoms with E-state index in [1.807, 2.05) is 0 Å². The van der Waals surface area contributed by atoms with Crippen molar-refractivity contribution in [3.05, 3.63) is 53.3 Å². The van der Waals surface area contributed by atoms with Gasteiger partial charge in [-0.25, -0.2) is 4.98 Å². The number of pyridine rings is 1. The molecule has 1 heterocycles. The van der Waals surface area contributed by atoms with Crippen LogP contribution in [0.3, 0.4) is 0 Å². The summed E-state index contributed by atoms with van der Waals surface area (Å²) in [6.45, 7) is 0. The van der Waals surface area contributed by atoms with E-state index in [4.69, 9.17) is 0 Å². The maximum Gasteiger partial charge on any atom is 0.433 e. The molecule has 0 spiro atoms. The molecule has 32 heavy (non-hydrogen) atoms. The van der Waals surface area contributed by atoms with Crippen LogP contribution in [0, 0.1) is 0 Å². The summed E-state index contributed by atoms with van der Waals surface area (Å²) in [5.41, 5.74) is -2.11. The topological polar surface area (TPSA) is 66.1 Å². The molecule has 1 amide bonds. The highest BCUT2D eigenvalue weighted by Crippen LogP contribution is 2.35. The minimum absolute atomic E-state index is 0.126. The maximum absolute atomic E-state index is 13.0. The van der Waals surface area contributed by atoms with Crippen molar-refractivity contribution in [2.45, 2.75) is 50.1 Å². The van der Waals surface area contributed by atoms with Gasteiger partial charge in [0.05, 0.1) is 0 Å². The molecule has 174 valence electrons. The van der Waals surface area contributed by atoms with Crippen LogP contribution in [0.1, 0.15) is 47.4 Å². The summed E-state index contributed by atoms with van der Waals surface area (Å²) in [7, 11) is 1.77. The molecule has 1 aliphatic rings. The Balaban J connectivity index is 1.60. The highest BCUT2D eigenvalue weighted by atomic mass is 19.4. The number of hydrogen-bond acceptors (Lipinski definition) is 4. The van der Waals surface area contributed by atoms with Gasteiger partial charge in [-0.05, 0) is 62.1 Å². The van der Waals surface area contributed by atoms with Crippen molar-refractivity contribution in [2.24, 2.45) is 0 Å². The number of hydrogen-bond donors (Lipinski definition) is 3. The zero-order valence-corrected chi connectivity index (χ0v) is 17.1. The second-order valence-electron chi connectivity index (χ2n) is 7.62. The van der Waals surface area contributed by atoms with Crippen molar-refractivity contribution in [2.75, 3.05) is 17.7 Å². The van der Waals surface area contributed by atoms with Gasteiger partial charge in [0.2, 0.25) is 0 Å². The van der Waals surface area contributed by atoms with Gasteiger partial charge in [0.25, 0.3) is 5.91 Å². The van der Waals surface area contributed by atoms with Crippen molar-refractivity contribution in [1.29, 1.82) is 0 Å². The van der Waals surface area contributed by atoms with Crippen LogP contribution in [0.15, 0.2) is 36.4 Å². The van der Waals surface area contributed by atoms with Crippen molar-refractivity contribution >= 4 is 17.3 Å². The lowest BCUT2D eigenvalue weighted by Gasteiger charge is -2.30. The molecule has 1 aliphatic carbocycles. The SMILES string of the molecule is CNc1ccc(C(=O)N[C@H]2CC[C@@H](Nc3cc(C(F)(F)F)nc(C(F)(F)F)c3)CC2)cc1. The van der Waals surface area contributed by atoms with Gasteiger partial charge in [0.1, 0.15) is 11.4 Å². The van der Waals surface area contributed by atoms with Crippen LogP contribution in [0.25, 0.3) is 0 Å². The van der Waals surface area contributed by atoms with Gasteiger partial charge >= 0.3 is 12.4 Å². The summed E-state index contributed by atoms with van der Waals surface area (Å²) in [5, 5.41) is 8.64. The molecule has 0 aliphatic heterocycles. The predicted octanol–water partition coefficient (Wildman–Crippen LogP) is 5.31. The number of benzene rings is 1. The Bertz CT molecular complexity index is 903. The van der Waals surface area contributed by atoms with Crippen molar-refractivity contribution in [3.63, 3.8) is 0 Å². The lowest BCUT2D eigenvalue weighted by molar-refractivity contribution is -0.150. The first-order chi connectivity index (χ1) is 15.0. The van der Waals surface area contributed by atoms with Crippen LogP contribution in [0.5, 0.6) is 0 Å². The molecule has 0 radical (unpaired) electrons. The van der Waals surface area contributed by atoms with E-state index in [1.165, 1.54) is 0 Å². The third-order valence-electron chi connectivity index (χ3n) is 5.28. The summed E-state index contributed by atoms with van der Waals surface area (Å²) >= 11 is 0. The van der Waals surface area contributed by atoms with E-state index < -0.39 is 23.7 Å². The lowest BCUT2D eigenvalue weighted by Crippen LogP contribution is -2.40. The Morgan fingerprint density at radius 3 is 1.81 bits per heavy atom. The number of aromatic nitrogens is 1. The molecule has 0 unspecified atom stereocenters. The van der Waals surface area contributed by atoms with Gasteiger partial charge in [0.15, 0.2) is 0 Å². The number of amides is 1. The van der Waals surface area contributed by atoms with E-state index >= 15 is 0 Å². The molecule has 5 nitrogen and oxygen atoms in total. The van der Waals surface area contributed by atoms with Gasteiger partial charge in [0, 0.05) is 36.1 Å². The van der Waals surface area contributed by atoms with Crippen LogP contribution in [-0.4, -0.2) is 30.0 Å². The first-order valence-corrected chi connectivity index (χ1v) is 9.97. The van der Waals surface area contributed by atoms with E-state index in [1.54, 1.807) is 31.3 Å². The van der Waals surface area contributed by atoms with Crippen LogP contribution < -0.4 is 16.0 Å². The van der Waals surface area contributed by atoms with E-state index in [0.29, 0.717) is 43.4 Å². The maximum atomic E-state index is 13.0. The largest absolute Gasteiger partial charge is 0.433 e. The normalized spacial score (nSPS) is 19.3. The monoisotopic (exact) mass is 460 g/mol. The zero-order valence-electron chi connectivity index (χ0n) is 17.1. The average molecular weight is 460 g/mol. The molecule has 0 bridgehead atoms. The van der Waals surface area contributed by atoms with Gasteiger partial charge in [-0.15, -0.1) is 0 Å². The Hall–Kier alpha value is -2.98. The molecule has 3 N–H and O–H groups in total. The Morgan fingerprint density at radius 1 is 0.844 bits per heavy atom. The molecule has 3 rings (SSSR count). The first-order valence-electron chi connectivity index (χ1n) is 9.97. The Labute approximate surface area is 180 Å².